The van der Waals surface area contributed by atoms with Crippen LogP contribution in [0.4, 0.5) is 0 Å². The van der Waals surface area contributed by atoms with Gasteiger partial charge in [0, 0.05) is 18.7 Å². The minimum absolute atomic E-state index is 0.218. The third-order valence-electron chi connectivity index (χ3n) is 2.91. The van der Waals surface area contributed by atoms with Crippen molar-refractivity contribution >= 4 is 49.1 Å². The molecule has 5 heteroatoms. The molecule has 1 aromatic carbocycles. The number of benzene rings is 1. The fraction of sp³-hybridized carbons (Fsp3) is 0.417. The average molecular weight is 379 g/mol. The quantitative estimate of drug-likeness (QED) is 0.745. The highest BCUT2D eigenvalue weighted by Crippen LogP contribution is 2.34. The second-order valence-electron chi connectivity index (χ2n) is 4.14. The maximum Gasteiger partial charge on any atom is 0.143 e. The zero-order chi connectivity index (χ0) is 12.4. The number of hydrogen-bond acceptors (Lipinski definition) is 2. The van der Waals surface area contributed by atoms with E-state index in [1.165, 1.54) is 19.3 Å². The molecule has 1 aliphatic rings. The molecule has 17 heavy (non-hydrogen) atoms. The van der Waals surface area contributed by atoms with Gasteiger partial charge in [-0.15, -0.1) is 0 Å². The van der Waals surface area contributed by atoms with Gasteiger partial charge in [0.2, 0.25) is 0 Å². The van der Waals surface area contributed by atoms with E-state index in [9.17, 15) is 5.11 Å². The van der Waals surface area contributed by atoms with Crippen molar-refractivity contribution in [2.24, 2.45) is 0 Å². The van der Waals surface area contributed by atoms with E-state index in [0.717, 1.165) is 23.6 Å². The van der Waals surface area contributed by atoms with Crippen LogP contribution in [0.25, 0.3) is 0 Å². The summed E-state index contributed by atoms with van der Waals surface area (Å²) < 4.78 is 1.34. The number of phenolic OH excluding ortho intramolecular Hbond substituents is 1. The number of aromatic hydroxyl groups is 1. The monoisotopic (exact) mass is 377 g/mol. The third kappa shape index (κ3) is 3.01. The summed E-state index contributed by atoms with van der Waals surface area (Å²) >= 11 is 12.2. The normalized spacial score (nSPS) is 16.0. The molecule has 1 heterocycles. The number of hydrogen-bond donors (Lipinski definition) is 1. The molecule has 1 aliphatic heterocycles. The van der Waals surface area contributed by atoms with Crippen molar-refractivity contribution in [2.75, 3.05) is 13.1 Å². The molecule has 0 radical (unpaired) electrons. The second-order valence-corrected chi connectivity index (χ2v) is 6.24. The van der Waals surface area contributed by atoms with Crippen molar-refractivity contribution in [1.29, 1.82) is 0 Å². The molecule has 0 atom stereocenters. The van der Waals surface area contributed by atoms with Crippen molar-refractivity contribution in [2.45, 2.75) is 19.3 Å². The molecule has 0 amide bonds. The van der Waals surface area contributed by atoms with Crippen LogP contribution in [0, 0.1) is 0 Å². The van der Waals surface area contributed by atoms with Gasteiger partial charge in [-0.3, -0.25) is 0 Å². The van der Waals surface area contributed by atoms with Crippen LogP contribution in [0.15, 0.2) is 21.1 Å². The summed E-state index contributed by atoms with van der Waals surface area (Å²) in [7, 11) is 0. The molecule has 0 unspecified atom stereocenters. The highest BCUT2D eigenvalue weighted by atomic mass is 79.9. The summed E-state index contributed by atoms with van der Waals surface area (Å²) in [5.74, 6) is 0.218. The summed E-state index contributed by atoms with van der Waals surface area (Å²) in [5, 5.41) is 9.67. The standard InChI is InChI=1S/C12H13Br2NOS/c13-9-6-8(7-10(14)11(9)16)12(17)15-4-2-1-3-5-15/h6-7,16H,1-5H2. The zero-order valence-corrected chi connectivity index (χ0v) is 13.2. The van der Waals surface area contributed by atoms with Gasteiger partial charge in [0.15, 0.2) is 0 Å². The maximum absolute atomic E-state index is 9.67. The van der Waals surface area contributed by atoms with Crippen LogP contribution in [-0.2, 0) is 0 Å². The zero-order valence-electron chi connectivity index (χ0n) is 9.25. The summed E-state index contributed by atoms with van der Waals surface area (Å²) in [6.07, 6.45) is 3.71. The Kier molecular flexibility index (Phi) is 4.44. The van der Waals surface area contributed by atoms with Gasteiger partial charge in [-0.2, -0.15) is 0 Å². The lowest BCUT2D eigenvalue weighted by Crippen LogP contribution is -2.34. The van der Waals surface area contributed by atoms with E-state index in [0.29, 0.717) is 8.95 Å². The Bertz CT molecular complexity index is 421. The number of nitrogens with zero attached hydrogens (tertiary/aromatic N) is 1. The number of thiocarbonyl (C=S) groups is 1. The SMILES string of the molecule is Oc1c(Br)cc(C(=S)N2CCCCC2)cc1Br. The van der Waals surface area contributed by atoms with Gasteiger partial charge in [-0.05, 0) is 63.3 Å². The summed E-state index contributed by atoms with van der Waals surface area (Å²) in [6.45, 7) is 2.07. The first kappa shape index (κ1) is 13.3. The Hall–Kier alpha value is -0.130. The van der Waals surface area contributed by atoms with Crippen LogP contribution < -0.4 is 0 Å². The van der Waals surface area contributed by atoms with Crippen LogP contribution in [-0.4, -0.2) is 28.1 Å². The Morgan fingerprint density at radius 1 is 1.12 bits per heavy atom. The number of rotatable bonds is 1. The Morgan fingerprint density at radius 3 is 2.18 bits per heavy atom. The molecule has 1 aromatic rings. The van der Waals surface area contributed by atoms with E-state index < -0.39 is 0 Å². The van der Waals surface area contributed by atoms with Crippen molar-refractivity contribution in [1.82, 2.24) is 4.90 Å². The van der Waals surface area contributed by atoms with Crippen LogP contribution in [0.1, 0.15) is 24.8 Å². The van der Waals surface area contributed by atoms with E-state index in [1.54, 1.807) is 0 Å². The number of phenols is 1. The van der Waals surface area contributed by atoms with Crippen LogP contribution in [0.3, 0.4) is 0 Å². The van der Waals surface area contributed by atoms with Crippen LogP contribution >= 0.6 is 44.1 Å². The van der Waals surface area contributed by atoms with Crippen molar-refractivity contribution in [3.05, 3.63) is 26.6 Å². The van der Waals surface area contributed by atoms with Crippen molar-refractivity contribution in [3.8, 4) is 5.75 Å². The molecule has 2 nitrogen and oxygen atoms in total. The van der Waals surface area contributed by atoms with Gasteiger partial charge in [-0.1, -0.05) is 12.2 Å². The molecular weight excluding hydrogens is 366 g/mol. The molecular formula is C12H13Br2NOS. The molecule has 1 fully saturated rings. The molecule has 0 spiro atoms. The lowest BCUT2D eigenvalue weighted by Gasteiger charge is -2.29. The van der Waals surface area contributed by atoms with Crippen molar-refractivity contribution in [3.63, 3.8) is 0 Å². The van der Waals surface area contributed by atoms with E-state index in [1.807, 2.05) is 12.1 Å². The molecule has 0 saturated carbocycles. The highest BCUT2D eigenvalue weighted by Gasteiger charge is 2.16. The number of likely N-dealkylation sites (tertiary alicyclic amines) is 1. The largest absolute Gasteiger partial charge is 0.506 e. The van der Waals surface area contributed by atoms with Gasteiger partial charge in [0.1, 0.15) is 10.7 Å². The van der Waals surface area contributed by atoms with E-state index in [2.05, 4.69) is 36.8 Å². The minimum Gasteiger partial charge on any atom is -0.506 e. The predicted octanol–water partition coefficient (Wildman–Crippen LogP) is 4.08. The second kappa shape index (κ2) is 5.67. The molecule has 0 aromatic heterocycles. The lowest BCUT2D eigenvalue weighted by molar-refractivity contribution is 0.347. The van der Waals surface area contributed by atoms with Gasteiger partial charge >= 0.3 is 0 Å². The first-order valence-electron chi connectivity index (χ1n) is 5.57. The molecule has 1 saturated heterocycles. The Labute approximate surface area is 123 Å². The number of halogens is 2. The summed E-state index contributed by atoms with van der Waals surface area (Å²) in [6, 6.07) is 3.74. The van der Waals surface area contributed by atoms with Crippen molar-refractivity contribution < 1.29 is 5.11 Å². The summed E-state index contributed by atoms with van der Waals surface area (Å²) in [4.78, 5) is 3.11. The Balaban J connectivity index is 2.24. The molecule has 0 aliphatic carbocycles. The molecule has 0 bridgehead atoms. The third-order valence-corrected chi connectivity index (χ3v) is 4.61. The number of piperidine rings is 1. The van der Waals surface area contributed by atoms with Gasteiger partial charge in [0.05, 0.1) is 8.95 Å². The maximum atomic E-state index is 9.67. The summed E-state index contributed by atoms with van der Waals surface area (Å²) in [5.41, 5.74) is 0.971. The fourth-order valence-electron chi connectivity index (χ4n) is 1.97. The molecule has 92 valence electrons. The smallest absolute Gasteiger partial charge is 0.143 e. The topological polar surface area (TPSA) is 23.5 Å². The van der Waals surface area contributed by atoms with Gasteiger partial charge < -0.3 is 10.0 Å². The highest BCUT2D eigenvalue weighted by molar-refractivity contribution is 9.11. The molecule has 1 N–H and O–H groups in total. The Morgan fingerprint density at radius 2 is 1.65 bits per heavy atom. The van der Waals surface area contributed by atoms with Gasteiger partial charge in [-0.25, -0.2) is 0 Å². The predicted molar refractivity (Wildman–Crippen MR) is 80.6 cm³/mol. The first-order valence-corrected chi connectivity index (χ1v) is 7.56. The van der Waals surface area contributed by atoms with E-state index in [-0.39, 0.29) is 5.75 Å². The molecule has 2 rings (SSSR count). The van der Waals surface area contributed by atoms with Crippen LogP contribution in [0.5, 0.6) is 5.75 Å². The first-order chi connectivity index (χ1) is 8.09. The average Bonchev–Trinajstić information content (AvgIpc) is 2.35. The fourth-order valence-corrected chi connectivity index (χ4v) is 3.46. The van der Waals surface area contributed by atoms with Crippen LogP contribution in [0.2, 0.25) is 0 Å². The lowest BCUT2D eigenvalue weighted by atomic mass is 10.1. The van der Waals surface area contributed by atoms with E-state index >= 15 is 0 Å². The van der Waals surface area contributed by atoms with Gasteiger partial charge in [0.25, 0.3) is 0 Å². The van der Waals surface area contributed by atoms with E-state index in [4.69, 9.17) is 12.2 Å². The minimum atomic E-state index is 0.218.